The number of benzene rings is 1. The Morgan fingerprint density at radius 3 is 2.78 bits per heavy atom. The van der Waals surface area contributed by atoms with Crippen LogP contribution < -0.4 is 11.1 Å². The number of carbonyl (C=O) groups is 1. The number of rotatable bonds is 3. The van der Waals surface area contributed by atoms with Crippen LogP contribution in [0.1, 0.15) is 25.3 Å². The van der Waals surface area contributed by atoms with Crippen molar-refractivity contribution in [2.75, 3.05) is 5.32 Å². The van der Waals surface area contributed by atoms with Gasteiger partial charge in [0.2, 0.25) is 0 Å². The van der Waals surface area contributed by atoms with Gasteiger partial charge in [-0.05, 0) is 31.9 Å². The van der Waals surface area contributed by atoms with Crippen LogP contribution in [0.25, 0.3) is 0 Å². The quantitative estimate of drug-likeness (QED) is 0.817. The van der Waals surface area contributed by atoms with Crippen LogP contribution >= 0.6 is 12.2 Å². The molecule has 1 fully saturated rings. The van der Waals surface area contributed by atoms with Gasteiger partial charge >= 0.3 is 0 Å². The summed E-state index contributed by atoms with van der Waals surface area (Å²) in [4.78, 5) is 12.3. The van der Waals surface area contributed by atoms with E-state index in [4.69, 9.17) is 22.7 Å². The molecule has 5 heteroatoms. The Kier molecular flexibility index (Phi) is 3.93. The molecule has 0 saturated carbocycles. The van der Waals surface area contributed by atoms with Gasteiger partial charge in [0.05, 0.1) is 11.8 Å². The molecule has 1 aromatic carbocycles. The molecule has 2 unspecified atom stereocenters. The normalized spacial score (nSPS) is 22.7. The average Bonchev–Trinajstić information content (AvgIpc) is 2.76. The predicted molar refractivity (Wildman–Crippen MR) is 74.5 cm³/mol. The van der Waals surface area contributed by atoms with Gasteiger partial charge in [-0.2, -0.15) is 0 Å². The zero-order valence-electron chi connectivity index (χ0n) is 10.2. The number of nitrogens with two attached hydrogens (primary N) is 1. The van der Waals surface area contributed by atoms with Crippen LogP contribution in [0.2, 0.25) is 0 Å². The van der Waals surface area contributed by atoms with Crippen molar-refractivity contribution in [1.82, 2.24) is 0 Å². The summed E-state index contributed by atoms with van der Waals surface area (Å²) in [6.07, 6.45) is 1.43. The number of hydrogen-bond acceptors (Lipinski definition) is 3. The fourth-order valence-corrected chi connectivity index (χ4v) is 2.19. The van der Waals surface area contributed by atoms with E-state index in [0.717, 1.165) is 12.8 Å². The minimum Gasteiger partial charge on any atom is -0.389 e. The standard InChI is InChI=1S/C13H16N2O2S/c1-8-6-7-11(17-8)13(16)15-10-5-3-2-4-9(10)12(14)18/h2-5,8,11H,6-7H2,1H3,(H2,14,18)(H,15,16). The predicted octanol–water partition coefficient (Wildman–Crippen LogP) is 1.83. The lowest BCUT2D eigenvalue weighted by molar-refractivity contribution is -0.126. The summed E-state index contributed by atoms with van der Waals surface area (Å²) in [5.41, 5.74) is 6.92. The summed E-state index contributed by atoms with van der Waals surface area (Å²) in [6, 6.07) is 7.23. The van der Waals surface area contributed by atoms with Crippen LogP contribution in [0.3, 0.4) is 0 Å². The van der Waals surface area contributed by atoms with E-state index in [9.17, 15) is 4.79 Å². The minimum atomic E-state index is -0.376. The second kappa shape index (κ2) is 5.46. The highest BCUT2D eigenvalue weighted by Crippen LogP contribution is 2.22. The molecule has 0 aromatic heterocycles. The van der Waals surface area contributed by atoms with Gasteiger partial charge in [-0.15, -0.1) is 0 Å². The van der Waals surface area contributed by atoms with Gasteiger partial charge in [-0.25, -0.2) is 0 Å². The lowest BCUT2D eigenvalue weighted by Gasteiger charge is -2.14. The maximum Gasteiger partial charge on any atom is 0.253 e. The fourth-order valence-electron chi connectivity index (χ4n) is 2.02. The molecule has 2 rings (SSSR count). The molecule has 1 amide bonds. The molecule has 1 aliphatic heterocycles. The number of ether oxygens (including phenoxy) is 1. The number of carbonyl (C=O) groups excluding carboxylic acids is 1. The molecule has 3 N–H and O–H groups in total. The number of amides is 1. The van der Waals surface area contributed by atoms with E-state index in [-0.39, 0.29) is 23.1 Å². The third kappa shape index (κ3) is 2.86. The zero-order chi connectivity index (χ0) is 13.1. The summed E-state index contributed by atoms with van der Waals surface area (Å²) in [6.45, 7) is 1.97. The van der Waals surface area contributed by atoms with Crippen LogP contribution in [-0.4, -0.2) is 23.1 Å². The Hall–Kier alpha value is -1.46. The Bertz CT molecular complexity index is 476. The van der Waals surface area contributed by atoms with E-state index in [2.05, 4.69) is 5.32 Å². The summed E-state index contributed by atoms with van der Waals surface area (Å²) >= 11 is 4.95. The first-order chi connectivity index (χ1) is 8.58. The Morgan fingerprint density at radius 2 is 2.17 bits per heavy atom. The maximum absolute atomic E-state index is 12.0. The van der Waals surface area contributed by atoms with E-state index >= 15 is 0 Å². The zero-order valence-corrected chi connectivity index (χ0v) is 11.0. The highest BCUT2D eigenvalue weighted by molar-refractivity contribution is 7.80. The van der Waals surface area contributed by atoms with E-state index in [1.54, 1.807) is 12.1 Å². The van der Waals surface area contributed by atoms with Crippen molar-refractivity contribution in [2.24, 2.45) is 5.73 Å². The summed E-state index contributed by atoms with van der Waals surface area (Å²) < 4.78 is 5.52. The van der Waals surface area contributed by atoms with Gasteiger partial charge in [0.15, 0.2) is 0 Å². The first kappa shape index (κ1) is 13.0. The van der Waals surface area contributed by atoms with Crippen molar-refractivity contribution >= 4 is 28.8 Å². The molecule has 1 aromatic rings. The van der Waals surface area contributed by atoms with Gasteiger partial charge in [-0.3, -0.25) is 4.79 Å². The number of thiocarbonyl (C=S) groups is 1. The third-order valence-electron chi connectivity index (χ3n) is 2.97. The van der Waals surface area contributed by atoms with E-state index in [1.165, 1.54) is 0 Å². The molecule has 1 heterocycles. The van der Waals surface area contributed by atoms with Crippen molar-refractivity contribution < 1.29 is 9.53 Å². The minimum absolute atomic E-state index is 0.136. The first-order valence-corrected chi connectivity index (χ1v) is 6.34. The van der Waals surface area contributed by atoms with Crippen molar-refractivity contribution in [1.29, 1.82) is 0 Å². The van der Waals surface area contributed by atoms with Crippen LogP contribution in [-0.2, 0) is 9.53 Å². The molecule has 0 spiro atoms. The lowest BCUT2D eigenvalue weighted by Crippen LogP contribution is -2.28. The van der Waals surface area contributed by atoms with Crippen LogP contribution in [0.15, 0.2) is 24.3 Å². The maximum atomic E-state index is 12.0. The van der Waals surface area contributed by atoms with Gasteiger partial charge in [0.25, 0.3) is 5.91 Å². The molecule has 0 bridgehead atoms. The second-order valence-corrected chi connectivity index (χ2v) is 4.85. The number of hydrogen-bond donors (Lipinski definition) is 2. The molecule has 1 aliphatic rings. The number of nitrogens with one attached hydrogen (secondary N) is 1. The van der Waals surface area contributed by atoms with Gasteiger partial charge in [0, 0.05) is 5.56 Å². The molecule has 18 heavy (non-hydrogen) atoms. The molecule has 96 valence electrons. The fraction of sp³-hybridized carbons (Fsp3) is 0.385. The lowest BCUT2D eigenvalue weighted by atomic mass is 10.1. The van der Waals surface area contributed by atoms with Crippen molar-refractivity contribution in [3.05, 3.63) is 29.8 Å². The van der Waals surface area contributed by atoms with E-state index < -0.39 is 0 Å². The second-order valence-electron chi connectivity index (χ2n) is 4.41. The smallest absolute Gasteiger partial charge is 0.253 e. The van der Waals surface area contributed by atoms with Gasteiger partial charge in [0.1, 0.15) is 11.1 Å². The Balaban J connectivity index is 2.09. The van der Waals surface area contributed by atoms with Crippen molar-refractivity contribution in [2.45, 2.75) is 32.0 Å². The van der Waals surface area contributed by atoms with E-state index in [0.29, 0.717) is 11.3 Å². The molecular formula is C13H16N2O2S. The summed E-state index contributed by atoms with van der Waals surface area (Å²) in [5.74, 6) is -0.136. The number of para-hydroxylation sites is 1. The van der Waals surface area contributed by atoms with Crippen LogP contribution in [0.4, 0.5) is 5.69 Å². The highest BCUT2D eigenvalue weighted by atomic mass is 32.1. The first-order valence-electron chi connectivity index (χ1n) is 5.93. The molecule has 0 aliphatic carbocycles. The molecular weight excluding hydrogens is 248 g/mol. The summed E-state index contributed by atoms with van der Waals surface area (Å²) in [7, 11) is 0. The Morgan fingerprint density at radius 1 is 1.44 bits per heavy atom. The SMILES string of the molecule is CC1CCC(C(=O)Nc2ccccc2C(N)=S)O1. The van der Waals surface area contributed by atoms with Gasteiger partial charge < -0.3 is 15.8 Å². The average molecular weight is 264 g/mol. The van der Waals surface area contributed by atoms with Crippen molar-refractivity contribution in [3.8, 4) is 0 Å². The number of anilines is 1. The Labute approximate surface area is 112 Å². The summed E-state index contributed by atoms with van der Waals surface area (Å²) in [5, 5.41) is 2.82. The molecule has 2 atom stereocenters. The molecule has 4 nitrogen and oxygen atoms in total. The molecule has 0 radical (unpaired) electrons. The van der Waals surface area contributed by atoms with Crippen molar-refractivity contribution in [3.63, 3.8) is 0 Å². The van der Waals surface area contributed by atoms with Crippen LogP contribution in [0.5, 0.6) is 0 Å². The van der Waals surface area contributed by atoms with E-state index in [1.807, 2.05) is 19.1 Å². The monoisotopic (exact) mass is 264 g/mol. The largest absolute Gasteiger partial charge is 0.389 e. The highest BCUT2D eigenvalue weighted by Gasteiger charge is 2.28. The third-order valence-corrected chi connectivity index (χ3v) is 3.19. The van der Waals surface area contributed by atoms with Gasteiger partial charge in [-0.1, -0.05) is 24.4 Å². The van der Waals surface area contributed by atoms with Crippen LogP contribution in [0, 0.1) is 0 Å². The topological polar surface area (TPSA) is 64.4 Å². The molecule has 1 saturated heterocycles.